The van der Waals surface area contributed by atoms with Crippen molar-refractivity contribution in [2.75, 3.05) is 7.11 Å². The lowest BCUT2D eigenvalue weighted by atomic mass is 9.99. The Morgan fingerprint density at radius 3 is 2.33 bits per heavy atom. The predicted octanol–water partition coefficient (Wildman–Crippen LogP) is 3.73. The molecule has 21 heavy (non-hydrogen) atoms. The van der Waals surface area contributed by atoms with Gasteiger partial charge >= 0.3 is 0 Å². The van der Waals surface area contributed by atoms with Crippen LogP contribution in [0.25, 0.3) is 0 Å². The summed E-state index contributed by atoms with van der Waals surface area (Å²) in [6.07, 6.45) is 1.68. The minimum absolute atomic E-state index is 0.159. The molecule has 5 heteroatoms. The Labute approximate surface area is 138 Å². The van der Waals surface area contributed by atoms with Gasteiger partial charge in [0.2, 0.25) is 0 Å². The highest BCUT2D eigenvalue weighted by Gasteiger charge is 2.10. The van der Waals surface area contributed by atoms with E-state index in [9.17, 15) is 0 Å². The van der Waals surface area contributed by atoms with Crippen LogP contribution in [0, 0.1) is 0 Å². The molecular formula is C16H18BrClN2O. The van der Waals surface area contributed by atoms with Crippen molar-refractivity contribution in [3.05, 3.63) is 63.1 Å². The number of ether oxygens (including phenoxy) is 1. The Hall–Kier alpha value is -1.07. The maximum Gasteiger partial charge on any atom is 0.133 e. The van der Waals surface area contributed by atoms with Crippen molar-refractivity contribution in [2.24, 2.45) is 5.84 Å². The molecule has 112 valence electrons. The van der Waals surface area contributed by atoms with E-state index in [0.29, 0.717) is 0 Å². The van der Waals surface area contributed by atoms with Crippen LogP contribution in [0.5, 0.6) is 5.75 Å². The number of nitrogens with one attached hydrogen (secondary N) is 1. The van der Waals surface area contributed by atoms with Gasteiger partial charge in [-0.1, -0.05) is 29.8 Å². The fraction of sp³-hybridized carbons (Fsp3) is 0.250. The van der Waals surface area contributed by atoms with Crippen molar-refractivity contribution >= 4 is 27.5 Å². The highest BCUT2D eigenvalue weighted by molar-refractivity contribution is 9.10. The molecule has 0 aliphatic rings. The smallest absolute Gasteiger partial charge is 0.133 e. The lowest BCUT2D eigenvalue weighted by Gasteiger charge is -2.17. The minimum atomic E-state index is 0.159. The molecule has 2 rings (SSSR count). The van der Waals surface area contributed by atoms with Crippen LogP contribution in [0.15, 0.2) is 46.9 Å². The largest absolute Gasteiger partial charge is 0.496 e. The summed E-state index contributed by atoms with van der Waals surface area (Å²) in [5.41, 5.74) is 5.28. The highest BCUT2D eigenvalue weighted by atomic mass is 79.9. The van der Waals surface area contributed by atoms with Crippen molar-refractivity contribution in [2.45, 2.75) is 18.9 Å². The van der Waals surface area contributed by atoms with Gasteiger partial charge in [-0.2, -0.15) is 0 Å². The van der Waals surface area contributed by atoms with E-state index in [0.717, 1.165) is 28.1 Å². The second-order valence-corrected chi connectivity index (χ2v) is 6.16. The molecule has 0 bridgehead atoms. The summed E-state index contributed by atoms with van der Waals surface area (Å²) in [6.45, 7) is 0. The van der Waals surface area contributed by atoms with Gasteiger partial charge in [-0.3, -0.25) is 11.3 Å². The summed E-state index contributed by atoms with van der Waals surface area (Å²) in [5, 5.41) is 0.745. The third kappa shape index (κ3) is 4.71. The van der Waals surface area contributed by atoms with Crippen molar-refractivity contribution < 1.29 is 4.74 Å². The maximum atomic E-state index is 5.90. The summed E-state index contributed by atoms with van der Waals surface area (Å²) in [7, 11) is 1.66. The Balaban J connectivity index is 2.05. The zero-order chi connectivity index (χ0) is 15.2. The lowest BCUT2D eigenvalue weighted by molar-refractivity contribution is 0.412. The molecule has 0 saturated heterocycles. The Bertz CT molecular complexity index is 589. The number of methoxy groups -OCH3 is 1. The molecule has 0 heterocycles. The van der Waals surface area contributed by atoms with Crippen LogP contribution >= 0.6 is 27.5 Å². The monoisotopic (exact) mass is 368 g/mol. The second kappa shape index (κ2) is 7.80. The third-order valence-corrected chi connectivity index (χ3v) is 4.20. The van der Waals surface area contributed by atoms with Gasteiger partial charge < -0.3 is 4.74 Å². The molecule has 2 aromatic carbocycles. The van der Waals surface area contributed by atoms with Crippen LogP contribution < -0.4 is 16.0 Å². The molecule has 0 spiro atoms. The minimum Gasteiger partial charge on any atom is -0.496 e. The van der Waals surface area contributed by atoms with Crippen LogP contribution in [0.4, 0.5) is 0 Å². The summed E-state index contributed by atoms with van der Waals surface area (Å²) in [5.74, 6) is 6.51. The van der Waals surface area contributed by atoms with Gasteiger partial charge in [0.15, 0.2) is 0 Å². The van der Waals surface area contributed by atoms with E-state index in [-0.39, 0.29) is 6.04 Å². The van der Waals surface area contributed by atoms with Gasteiger partial charge in [-0.15, -0.1) is 0 Å². The molecule has 1 unspecified atom stereocenters. The third-order valence-electron chi connectivity index (χ3n) is 3.33. The van der Waals surface area contributed by atoms with Crippen molar-refractivity contribution in [1.29, 1.82) is 0 Å². The van der Waals surface area contributed by atoms with Crippen LogP contribution in [0.3, 0.4) is 0 Å². The Morgan fingerprint density at radius 2 is 1.76 bits per heavy atom. The normalized spacial score (nSPS) is 12.2. The Morgan fingerprint density at radius 1 is 1.14 bits per heavy atom. The van der Waals surface area contributed by atoms with E-state index < -0.39 is 0 Å². The molecule has 0 fully saturated rings. The molecule has 0 aromatic heterocycles. The number of hydrogen-bond acceptors (Lipinski definition) is 3. The average Bonchev–Trinajstić information content (AvgIpc) is 2.49. The summed E-state index contributed by atoms with van der Waals surface area (Å²) >= 11 is 9.40. The first kappa shape index (κ1) is 16.3. The standard InChI is InChI=1S/C16H18BrClN2O/c1-21-16-7-4-12(10-15(16)17)9-14(20-19)8-11-2-5-13(18)6-3-11/h2-7,10,14,20H,8-9,19H2,1H3. The molecule has 3 nitrogen and oxygen atoms in total. The number of halogens is 2. The number of hydrogen-bond donors (Lipinski definition) is 2. The van der Waals surface area contributed by atoms with Crippen molar-refractivity contribution in [3.8, 4) is 5.75 Å². The van der Waals surface area contributed by atoms with E-state index in [1.807, 2.05) is 30.3 Å². The SMILES string of the molecule is COc1ccc(CC(Cc2ccc(Cl)cc2)NN)cc1Br. The fourth-order valence-corrected chi connectivity index (χ4v) is 2.93. The summed E-state index contributed by atoms with van der Waals surface area (Å²) < 4.78 is 6.19. The number of nitrogens with two attached hydrogens (primary N) is 1. The molecular weight excluding hydrogens is 352 g/mol. The zero-order valence-electron chi connectivity index (χ0n) is 11.8. The highest BCUT2D eigenvalue weighted by Crippen LogP contribution is 2.26. The first-order chi connectivity index (χ1) is 10.1. The molecule has 3 N–H and O–H groups in total. The first-order valence-electron chi connectivity index (χ1n) is 6.65. The molecule has 1 atom stereocenters. The molecule has 0 saturated carbocycles. The maximum absolute atomic E-state index is 5.90. The average molecular weight is 370 g/mol. The number of rotatable bonds is 6. The molecule has 0 aliphatic heterocycles. The van der Waals surface area contributed by atoms with Crippen LogP contribution in [-0.2, 0) is 12.8 Å². The number of hydrazine groups is 1. The lowest BCUT2D eigenvalue weighted by Crippen LogP contribution is -2.38. The van der Waals surface area contributed by atoms with Gasteiger partial charge in [0.25, 0.3) is 0 Å². The van der Waals surface area contributed by atoms with Crippen LogP contribution in [0.1, 0.15) is 11.1 Å². The quantitative estimate of drug-likeness (QED) is 0.602. The molecule has 2 aromatic rings. The van der Waals surface area contributed by atoms with E-state index in [2.05, 4.69) is 33.5 Å². The fourth-order valence-electron chi connectivity index (χ4n) is 2.22. The predicted molar refractivity (Wildman–Crippen MR) is 90.7 cm³/mol. The zero-order valence-corrected chi connectivity index (χ0v) is 14.1. The number of benzene rings is 2. The van der Waals surface area contributed by atoms with Crippen LogP contribution in [-0.4, -0.2) is 13.2 Å². The molecule has 0 amide bonds. The van der Waals surface area contributed by atoms with Gasteiger partial charge in [0.1, 0.15) is 5.75 Å². The van der Waals surface area contributed by atoms with Crippen molar-refractivity contribution in [3.63, 3.8) is 0 Å². The van der Waals surface area contributed by atoms with E-state index in [1.54, 1.807) is 7.11 Å². The molecule has 0 aliphatic carbocycles. The van der Waals surface area contributed by atoms with Gasteiger partial charge in [0, 0.05) is 11.1 Å². The van der Waals surface area contributed by atoms with E-state index in [1.165, 1.54) is 11.1 Å². The van der Waals surface area contributed by atoms with E-state index >= 15 is 0 Å². The molecule has 0 radical (unpaired) electrons. The Kier molecular flexibility index (Phi) is 6.06. The van der Waals surface area contributed by atoms with E-state index in [4.69, 9.17) is 22.2 Å². The first-order valence-corrected chi connectivity index (χ1v) is 7.82. The van der Waals surface area contributed by atoms with Gasteiger partial charge in [-0.25, -0.2) is 0 Å². The van der Waals surface area contributed by atoms with Crippen molar-refractivity contribution in [1.82, 2.24) is 5.43 Å². The second-order valence-electron chi connectivity index (χ2n) is 4.87. The van der Waals surface area contributed by atoms with Crippen LogP contribution in [0.2, 0.25) is 5.02 Å². The van der Waals surface area contributed by atoms with Gasteiger partial charge in [0.05, 0.1) is 11.6 Å². The summed E-state index contributed by atoms with van der Waals surface area (Å²) in [4.78, 5) is 0. The topological polar surface area (TPSA) is 47.3 Å². The summed E-state index contributed by atoms with van der Waals surface area (Å²) in [6, 6.07) is 14.1. The van der Waals surface area contributed by atoms with Gasteiger partial charge in [-0.05, 0) is 64.2 Å².